The van der Waals surface area contributed by atoms with Gasteiger partial charge in [-0.15, -0.1) is 0 Å². The smallest absolute Gasteiger partial charge is 0.305 e. The molecule has 0 saturated heterocycles. The number of carbonyl (C=O) groups is 1. The Hall–Kier alpha value is -1.97. The topological polar surface area (TPSA) is 65.1 Å². The highest BCUT2D eigenvalue weighted by atomic mass is 16.4. The van der Waals surface area contributed by atoms with Crippen LogP contribution in [0.15, 0.2) is 24.3 Å². The zero-order chi connectivity index (χ0) is 12.3. The number of rotatable bonds is 5. The van der Waals surface area contributed by atoms with Crippen LogP contribution in [0.3, 0.4) is 0 Å². The molecule has 0 fully saturated rings. The average Bonchev–Trinajstić information content (AvgIpc) is 2.67. The summed E-state index contributed by atoms with van der Waals surface area (Å²) in [7, 11) is 0. The van der Waals surface area contributed by atoms with E-state index in [-0.39, 0.29) is 6.42 Å². The number of H-pyrrole nitrogens is 1. The Kier molecular flexibility index (Phi) is 3.32. The second kappa shape index (κ2) is 4.91. The number of aliphatic carboxylic acids is 1. The third-order valence-electron chi connectivity index (χ3n) is 2.78. The van der Waals surface area contributed by atoms with Gasteiger partial charge in [0.2, 0.25) is 0 Å². The van der Waals surface area contributed by atoms with E-state index >= 15 is 0 Å². The van der Waals surface area contributed by atoms with Crippen LogP contribution in [-0.2, 0) is 11.2 Å². The molecule has 0 aliphatic rings. The van der Waals surface area contributed by atoms with Gasteiger partial charge in [0.25, 0.3) is 0 Å². The van der Waals surface area contributed by atoms with Crippen LogP contribution in [0.4, 0.5) is 5.69 Å². The molecule has 0 aliphatic carbocycles. The average molecular weight is 232 g/mol. The van der Waals surface area contributed by atoms with Crippen LogP contribution < -0.4 is 5.32 Å². The molecule has 3 N–H and O–H groups in total. The van der Waals surface area contributed by atoms with Crippen molar-refractivity contribution in [2.24, 2.45) is 0 Å². The first-order valence-electron chi connectivity index (χ1n) is 5.77. The van der Waals surface area contributed by atoms with Crippen molar-refractivity contribution in [1.82, 2.24) is 4.98 Å². The van der Waals surface area contributed by atoms with E-state index in [0.29, 0.717) is 6.54 Å². The quantitative estimate of drug-likeness (QED) is 0.742. The maximum Gasteiger partial charge on any atom is 0.305 e. The summed E-state index contributed by atoms with van der Waals surface area (Å²) in [6.45, 7) is 2.53. The van der Waals surface area contributed by atoms with Gasteiger partial charge in [-0.05, 0) is 12.5 Å². The second-order valence-corrected chi connectivity index (χ2v) is 3.95. The number of fused-ring (bicyclic) bond motifs is 1. The fraction of sp³-hybridized carbons (Fsp3) is 0.308. The van der Waals surface area contributed by atoms with Gasteiger partial charge in [-0.1, -0.05) is 25.1 Å². The summed E-state index contributed by atoms with van der Waals surface area (Å²) in [4.78, 5) is 13.8. The number of hydrogen-bond acceptors (Lipinski definition) is 2. The molecule has 0 radical (unpaired) electrons. The Morgan fingerprint density at radius 1 is 1.41 bits per heavy atom. The Balaban J connectivity index is 2.27. The summed E-state index contributed by atoms with van der Waals surface area (Å²) in [5.74, 6) is -0.782. The molecule has 1 aromatic heterocycles. The minimum Gasteiger partial charge on any atom is -0.481 e. The lowest BCUT2D eigenvalue weighted by molar-refractivity contribution is -0.136. The Morgan fingerprint density at radius 2 is 2.18 bits per heavy atom. The van der Waals surface area contributed by atoms with E-state index < -0.39 is 5.97 Å². The molecule has 0 atom stereocenters. The lowest BCUT2D eigenvalue weighted by Crippen LogP contribution is -2.08. The van der Waals surface area contributed by atoms with Crippen molar-refractivity contribution in [2.75, 3.05) is 11.9 Å². The van der Waals surface area contributed by atoms with Gasteiger partial charge in [-0.2, -0.15) is 0 Å². The van der Waals surface area contributed by atoms with Gasteiger partial charge in [-0.3, -0.25) is 4.79 Å². The van der Waals surface area contributed by atoms with E-state index in [4.69, 9.17) is 5.11 Å². The fourth-order valence-corrected chi connectivity index (χ4v) is 1.96. The fourth-order valence-electron chi connectivity index (χ4n) is 1.96. The van der Waals surface area contributed by atoms with Crippen LogP contribution in [0.2, 0.25) is 0 Å². The van der Waals surface area contributed by atoms with E-state index in [2.05, 4.69) is 17.2 Å². The molecule has 0 amide bonds. The predicted molar refractivity (Wildman–Crippen MR) is 68.4 cm³/mol. The highest BCUT2D eigenvalue weighted by Gasteiger charge is 2.09. The van der Waals surface area contributed by atoms with Gasteiger partial charge in [0.05, 0.1) is 12.1 Å². The minimum atomic E-state index is -0.782. The van der Waals surface area contributed by atoms with Gasteiger partial charge in [0.15, 0.2) is 0 Å². The number of benzene rings is 1. The van der Waals surface area contributed by atoms with Crippen molar-refractivity contribution >= 4 is 22.6 Å². The van der Waals surface area contributed by atoms with Gasteiger partial charge in [0, 0.05) is 23.1 Å². The van der Waals surface area contributed by atoms with E-state index in [1.165, 1.54) is 0 Å². The summed E-state index contributed by atoms with van der Waals surface area (Å²) in [5, 5.41) is 13.0. The normalized spacial score (nSPS) is 10.6. The summed E-state index contributed by atoms with van der Waals surface area (Å²) in [6.07, 6.45) is 1.02. The molecule has 0 aliphatic heterocycles. The lowest BCUT2D eigenvalue weighted by atomic mass is 10.2. The first kappa shape index (κ1) is 11.5. The molecule has 0 unspecified atom stereocenters. The number of hydrogen-bond donors (Lipinski definition) is 3. The Labute approximate surface area is 99.7 Å². The molecule has 1 aromatic carbocycles. The number of para-hydroxylation sites is 1. The Bertz CT molecular complexity index is 531. The van der Waals surface area contributed by atoms with Gasteiger partial charge in [-0.25, -0.2) is 0 Å². The number of aryl methyl sites for hydroxylation is 1. The molecule has 1 heterocycles. The van der Waals surface area contributed by atoms with Crippen LogP contribution in [-0.4, -0.2) is 22.6 Å². The zero-order valence-electron chi connectivity index (χ0n) is 9.79. The highest BCUT2D eigenvalue weighted by molar-refractivity contribution is 5.94. The summed E-state index contributed by atoms with van der Waals surface area (Å²) >= 11 is 0. The van der Waals surface area contributed by atoms with Crippen LogP contribution in [0.25, 0.3) is 10.9 Å². The summed E-state index contributed by atoms with van der Waals surface area (Å²) in [5.41, 5.74) is 3.24. The molecular formula is C13H16N2O2. The molecule has 17 heavy (non-hydrogen) atoms. The molecule has 2 aromatic rings. The third kappa shape index (κ3) is 2.41. The maximum atomic E-state index is 10.5. The summed E-state index contributed by atoms with van der Waals surface area (Å²) < 4.78 is 0. The monoisotopic (exact) mass is 232 g/mol. The largest absolute Gasteiger partial charge is 0.481 e. The van der Waals surface area contributed by atoms with Crippen LogP contribution in [0.5, 0.6) is 0 Å². The molecular weight excluding hydrogens is 216 g/mol. The van der Waals surface area contributed by atoms with E-state index in [9.17, 15) is 4.79 Å². The Morgan fingerprint density at radius 3 is 2.88 bits per heavy atom. The van der Waals surface area contributed by atoms with E-state index in [0.717, 1.165) is 28.7 Å². The van der Waals surface area contributed by atoms with Crippen molar-refractivity contribution in [3.63, 3.8) is 0 Å². The van der Waals surface area contributed by atoms with Gasteiger partial charge >= 0.3 is 5.97 Å². The zero-order valence-corrected chi connectivity index (χ0v) is 9.79. The molecule has 90 valence electrons. The highest BCUT2D eigenvalue weighted by Crippen LogP contribution is 2.27. The third-order valence-corrected chi connectivity index (χ3v) is 2.78. The second-order valence-electron chi connectivity index (χ2n) is 3.95. The van der Waals surface area contributed by atoms with Crippen molar-refractivity contribution in [1.29, 1.82) is 0 Å². The number of carboxylic acid groups (broad SMARTS) is 1. The SMILES string of the molecule is CCc1[nH]c2ccccc2c1NCCC(=O)O. The van der Waals surface area contributed by atoms with Crippen molar-refractivity contribution in [3.8, 4) is 0 Å². The number of carboxylic acids is 1. The van der Waals surface area contributed by atoms with Crippen molar-refractivity contribution in [2.45, 2.75) is 19.8 Å². The molecule has 0 spiro atoms. The maximum absolute atomic E-state index is 10.5. The first-order chi connectivity index (χ1) is 8.22. The van der Waals surface area contributed by atoms with Crippen LogP contribution >= 0.6 is 0 Å². The van der Waals surface area contributed by atoms with Crippen LogP contribution in [0, 0.1) is 0 Å². The number of aromatic nitrogens is 1. The molecule has 4 heteroatoms. The number of anilines is 1. The first-order valence-corrected chi connectivity index (χ1v) is 5.77. The van der Waals surface area contributed by atoms with Gasteiger partial charge in [0.1, 0.15) is 0 Å². The van der Waals surface area contributed by atoms with Crippen molar-refractivity contribution in [3.05, 3.63) is 30.0 Å². The molecule has 0 saturated carbocycles. The standard InChI is InChI=1S/C13H16N2O2/c1-2-10-13(14-8-7-12(16)17)9-5-3-4-6-11(9)15-10/h3-6,14-15H,2,7-8H2,1H3,(H,16,17). The van der Waals surface area contributed by atoms with Gasteiger partial charge < -0.3 is 15.4 Å². The molecule has 2 rings (SSSR count). The number of nitrogens with one attached hydrogen (secondary N) is 2. The molecule has 0 bridgehead atoms. The lowest BCUT2D eigenvalue weighted by Gasteiger charge is -2.05. The molecule has 4 nitrogen and oxygen atoms in total. The van der Waals surface area contributed by atoms with E-state index in [1.54, 1.807) is 0 Å². The predicted octanol–water partition coefficient (Wildman–Crippen LogP) is 2.62. The summed E-state index contributed by atoms with van der Waals surface area (Å²) in [6, 6.07) is 8.03. The number of aromatic amines is 1. The van der Waals surface area contributed by atoms with Crippen molar-refractivity contribution < 1.29 is 9.90 Å². The van der Waals surface area contributed by atoms with Crippen LogP contribution in [0.1, 0.15) is 19.0 Å². The minimum absolute atomic E-state index is 0.128. The van der Waals surface area contributed by atoms with E-state index in [1.807, 2.05) is 24.3 Å².